The predicted molar refractivity (Wildman–Crippen MR) is 89.2 cm³/mol. The lowest BCUT2D eigenvalue weighted by Crippen LogP contribution is -2.35. The molecule has 0 radical (unpaired) electrons. The zero-order valence-electron chi connectivity index (χ0n) is 18.2. The van der Waals surface area contributed by atoms with Gasteiger partial charge in [0.2, 0.25) is 0 Å². The summed E-state index contributed by atoms with van der Waals surface area (Å²) in [5.74, 6) is 0. The van der Waals surface area contributed by atoms with Gasteiger partial charge in [0.25, 0.3) is 0 Å². The first-order chi connectivity index (χ1) is 12.6. The van der Waals surface area contributed by atoms with Gasteiger partial charge in [0.1, 0.15) is 12.5 Å². The molecule has 0 aromatic heterocycles. The van der Waals surface area contributed by atoms with Crippen molar-refractivity contribution < 1.29 is 12.8 Å². The second-order valence-corrected chi connectivity index (χ2v) is 5.59. The molecular weight excluding hydrogens is 254 g/mol. The third kappa shape index (κ3) is 2.12. The summed E-state index contributed by atoms with van der Waals surface area (Å²) in [6.07, 6.45) is 0.166. The normalized spacial score (nSPS) is 26.2. The van der Waals surface area contributed by atoms with Crippen LogP contribution >= 0.6 is 0 Å². The smallest absolute Gasteiger partial charge is 0.167 e. The first-order valence-corrected chi connectivity index (χ1v) is 7.26. The highest BCUT2D eigenvalue weighted by atomic mass is 15.1. The minimum absolute atomic E-state index is 0.153. The molecule has 0 aliphatic carbocycles. The highest BCUT2D eigenvalue weighted by Gasteiger charge is 2.51. The van der Waals surface area contributed by atoms with Crippen molar-refractivity contribution in [1.82, 2.24) is 0 Å². The van der Waals surface area contributed by atoms with E-state index < -0.39 is 25.2 Å². The lowest BCUT2D eigenvalue weighted by Gasteiger charge is -2.29. The van der Waals surface area contributed by atoms with Gasteiger partial charge in [0, 0.05) is 21.1 Å². The van der Waals surface area contributed by atoms with Crippen molar-refractivity contribution in [2.24, 2.45) is 0 Å². The van der Waals surface area contributed by atoms with E-state index in [9.17, 15) is 0 Å². The molecule has 0 saturated heterocycles. The fourth-order valence-corrected chi connectivity index (χ4v) is 3.49. The molecule has 2 aromatic carbocycles. The summed E-state index contributed by atoms with van der Waals surface area (Å²) in [5.41, 5.74) is 1.72. The van der Waals surface area contributed by atoms with Crippen LogP contribution in [0.3, 0.4) is 0 Å². The molecule has 3 rings (SSSR count). The molecule has 0 saturated carbocycles. The highest BCUT2D eigenvalue weighted by Crippen LogP contribution is 2.43. The number of nitrogens with zero attached hydrogens (tertiary/aromatic N) is 1. The van der Waals surface area contributed by atoms with Gasteiger partial charge < -0.3 is 0 Å². The number of hydrogen-bond acceptors (Lipinski definition) is 0. The van der Waals surface area contributed by atoms with Gasteiger partial charge in [0.05, 0.1) is 0 Å². The van der Waals surface area contributed by atoms with Crippen molar-refractivity contribution in [3.8, 4) is 0 Å². The number of benzene rings is 2. The number of hydrogen-bond donors (Lipinski definition) is 0. The Morgan fingerprint density at radius 1 is 1.05 bits per heavy atom. The fraction of sp³-hybridized carbons (Fsp3) is 0.350. The Morgan fingerprint density at radius 3 is 2.10 bits per heavy atom. The molecule has 0 bridgehead atoms. The summed E-state index contributed by atoms with van der Waals surface area (Å²) in [5, 5.41) is 0. The van der Waals surface area contributed by atoms with Crippen LogP contribution in [0.15, 0.2) is 60.7 Å². The van der Waals surface area contributed by atoms with Crippen molar-refractivity contribution in [3.05, 3.63) is 71.8 Å². The summed E-state index contributed by atoms with van der Waals surface area (Å²) < 4.78 is 49.3. The Morgan fingerprint density at radius 2 is 1.62 bits per heavy atom. The molecule has 0 spiro atoms. The van der Waals surface area contributed by atoms with Gasteiger partial charge in [-0.25, -0.2) is 4.58 Å². The van der Waals surface area contributed by atoms with E-state index in [1.165, 1.54) is 0 Å². The minimum atomic E-state index is -2.21. The van der Waals surface area contributed by atoms with Crippen LogP contribution in [-0.2, 0) is 5.41 Å². The largest absolute Gasteiger partial charge is 0.236 e. The summed E-state index contributed by atoms with van der Waals surface area (Å²) in [6, 6.07) is 18.6. The maximum atomic E-state index is 8.02. The van der Waals surface area contributed by atoms with E-state index in [0.717, 1.165) is 11.1 Å². The SMILES string of the molecule is [2H]C([2H])([2H])CC1=[N+](C)C(C([2H])([2H])[2H])CC1(c1ccccc1)c1ccccc1. The van der Waals surface area contributed by atoms with Crippen LogP contribution in [0.25, 0.3) is 0 Å². The van der Waals surface area contributed by atoms with Gasteiger partial charge in [-0.05, 0) is 18.0 Å². The Bertz CT molecular complexity index is 782. The molecule has 1 unspecified atom stereocenters. The van der Waals surface area contributed by atoms with E-state index in [1.54, 1.807) is 11.6 Å². The summed E-state index contributed by atoms with van der Waals surface area (Å²) in [6.45, 7) is -4.40. The zero-order valence-corrected chi connectivity index (χ0v) is 12.2. The Balaban J connectivity index is 2.31. The average Bonchev–Trinajstić information content (AvgIpc) is 2.89. The monoisotopic (exact) mass is 284 g/mol. The van der Waals surface area contributed by atoms with Crippen LogP contribution in [0.5, 0.6) is 0 Å². The Kier molecular flexibility index (Phi) is 2.22. The van der Waals surface area contributed by atoms with Crippen molar-refractivity contribution in [1.29, 1.82) is 0 Å². The summed E-state index contributed by atoms with van der Waals surface area (Å²) in [4.78, 5) is 0. The van der Waals surface area contributed by atoms with Crippen LogP contribution in [-0.4, -0.2) is 23.4 Å². The van der Waals surface area contributed by atoms with Gasteiger partial charge >= 0.3 is 0 Å². The molecule has 0 N–H and O–H groups in total. The third-order valence-electron chi connectivity index (χ3n) is 4.59. The lowest BCUT2D eigenvalue weighted by atomic mass is 9.68. The molecule has 1 heteroatoms. The van der Waals surface area contributed by atoms with E-state index in [4.69, 9.17) is 8.22 Å². The van der Waals surface area contributed by atoms with Crippen LogP contribution in [0, 0.1) is 0 Å². The first-order valence-electron chi connectivity index (χ1n) is 10.3. The molecule has 0 amide bonds. The maximum Gasteiger partial charge on any atom is 0.167 e. The van der Waals surface area contributed by atoms with E-state index in [0.29, 0.717) is 12.1 Å². The number of rotatable bonds is 3. The van der Waals surface area contributed by atoms with Crippen LogP contribution in [0.1, 0.15) is 45.9 Å². The van der Waals surface area contributed by atoms with Crippen molar-refractivity contribution in [2.75, 3.05) is 7.05 Å². The van der Waals surface area contributed by atoms with Gasteiger partial charge in [-0.3, -0.25) is 0 Å². The van der Waals surface area contributed by atoms with Crippen LogP contribution < -0.4 is 0 Å². The zero-order chi connectivity index (χ0) is 19.9. The second-order valence-electron chi connectivity index (χ2n) is 5.59. The topological polar surface area (TPSA) is 3.01 Å². The van der Waals surface area contributed by atoms with Crippen molar-refractivity contribution >= 4 is 5.71 Å². The van der Waals surface area contributed by atoms with Crippen molar-refractivity contribution in [3.63, 3.8) is 0 Å². The van der Waals surface area contributed by atoms with E-state index in [2.05, 4.69) is 0 Å². The van der Waals surface area contributed by atoms with Crippen LogP contribution in [0.4, 0.5) is 0 Å². The molecule has 1 atom stereocenters. The third-order valence-corrected chi connectivity index (χ3v) is 4.59. The predicted octanol–water partition coefficient (Wildman–Crippen LogP) is 4.26. The molecule has 21 heavy (non-hydrogen) atoms. The maximum absolute atomic E-state index is 8.02. The quantitative estimate of drug-likeness (QED) is 0.741. The molecule has 1 aliphatic rings. The Hall–Kier alpha value is -1.89. The highest BCUT2D eigenvalue weighted by molar-refractivity contribution is 5.95. The molecule has 0 fully saturated rings. The van der Waals surface area contributed by atoms with E-state index in [1.807, 2.05) is 60.7 Å². The van der Waals surface area contributed by atoms with Gasteiger partial charge in [-0.2, -0.15) is 0 Å². The molecule has 2 aromatic rings. The van der Waals surface area contributed by atoms with E-state index >= 15 is 0 Å². The minimum Gasteiger partial charge on any atom is -0.236 e. The molecular formula is C20H24N+. The molecule has 1 heterocycles. The Labute approximate surface area is 136 Å². The van der Waals surface area contributed by atoms with Gasteiger partial charge in [-0.1, -0.05) is 67.5 Å². The molecule has 108 valence electrons. The van der Waals surface area contributed by atoms with E-state index in [-0.39, 0.29) is 6.42 Å². The fourth-order valence-electron chi connectivity index (χ4n) is 3.49. The van der Waals surface area contributed by atoms with Crippen molar-refractivity contribution in [2.45, 2.75) is 38.0 Å². The average molecular weight is 284 g/mol. The molecule has 1 nitrogen and oxygen atoms in total. The summed E-state index contributed by atoms with van der Waals surface area (Å²) >= 11 is 0. The standard InChI is InChI=1S/C20H24N/c1-4-19-20(15-16(2)21(19)3,17-11-7-5-8-12-17)18-13-9-6-10-14-18/h5-14,16H,4,15H2,1-3H3/q+1/i1D3,2D3. The summed E-state index contributed by atoms with van der Waals surface area (Å²) in [7, 11) is 1.71. The second kappa shape index (κ2) is 5.48. The first kappa shape index (κ1) is 8.53. The lowest BCUT2D eigenvalue weighted by molar-refractivity contribution is -0.526. The molecule has 1 aliphatic heterocycles. The van der Waals surface area contributed by atoms with Gasteiger partial charge in [0.15, 0.2) is 11.8 Å². The van der Waals surface area contributed by atoms with Crippen LogP contribution in [0.2, 0.25) is 0 Å². The van der Waals surface area contributed by atoms with Gasteiger partial charge in [-0.15, -0.1) is 0 Å².